The maximum atomic E-state index is 12.2. The molecule has 94 valence electrons. The van der Waals surface area contributed by atoms with E-state index in [2.05, 4.69) is 0 Å². The summed E-state index contributed by atoms with van der Waals surface area (Å²) in [5.74, 6) is -0.478. The van der Waals surface area contributed by atoms with Crippen molar-refractivity contribution in [2.75, 3.05) is 6.54 Å². The summed E-state index contributed by atoms with van der Waals surface area (Å²) >= 11 is 0. The lowest BCUT2D eigenvalue weighted by atomic mass is 10.1. The molecule has 1 aliphatic carbocycles. The third-order valence-corrected chi connectivity index (χ3v) is 2.62. The van der Waals surface area contributed by atoms with Crippen LogP contribution in [0.15, 0.2) is 0 Å². The van der Waals surface area contributed by atoms with Crippen LogP contribution in [0.3, 0.4) is 0 Å². The Hall–Kier alpha value is -0.780. The van der Waals surface area contributed by atoms with Crippen LogP contribution in [0.4, 0.5) is 13.2 Å². The summed E-state index contributed by atoms with van der Waals surface area (Å²) in [5.41, 5.74) is 5.57. The highest BCUT2D eigenvalue weighted by atomic mass is 19.4. The summed E-state index contributed by atoms with van der Waals surface area (Å²) in [6.45, 7) is 0.663. The smallest absolute Gasteiger partial charge is 0.331 e. The van der Waals surface area contributed by atoms with Crippen LogP contribution in [-0.4, -0.2) is 35.6 Å². The van der Waals surface area contributed by atoms with Crippen molar-refractivity contribution in [2.45, 2.75) is 50.9 Å². The van der Waals surface area contributed by atoms with Gasteiger partial charge in [-0.2, -0.15) is 13.2 Å². The van der Waals surface area contributed by atoms with E-state index in [1.165, 1.54) is 0 Å². The maximum absolute atomic E-state index is 12.2. The molecule has 1 rings (SSSR count). The molecule has 3 nitrogen and oxygen atoms in total. The van der Waals surface area contributed by atoms with Crippen molar-refractivity contribution in [3.8, 4) is 0 Å². The molecule has 0 aliphatic heterocycles. The minimum absolute atomic E-state index is 0.00306. The summed E-state index contributed by atoms with van der Waals surface area (Å²) in [7, 11) is 0. The van der Waals surface area contributed by atoms with Crippen LogP contribution >= 0.6 is 0 Å². The molecule has 0 bridgehead atoms. The molecule has 1 fully saturated rings. The van der Waals surface area contributed by atoms with E-state index in [0.29, 0.717) is 19.3 Å². The molecule has 0 aromatic rings. The van der Waals surface area contributed by atoms with Crippen LogP contribution in [0.2, 0.25) is 0 Å². The van der Waals surface area contributed by atoms with Gasteiger partial charge in [0.05, 0.1) is 0 Å². The van der Waals surface area contributed by atoms with Crippen molar-refractivity contribution >= 4 is 5.91 Å². The molecule has 0 saturated heterocycles. The fraction of sp³-hybridized carbons (Fsp3) is 0.900. The third-order valence-electron chi connectivity index (χ3n) is 2.62. The average molecular weight is 238 g/mol. The molecule has 16 heavy (non-hydrogen) atoms. The summed E-state index contributed by atoms with van der Waals surface area (Å²) in [4.78, 5) is 12.5. The summed E-state index contributed by atoms with van der Waals surface area (Å²) in [5, 5.41) is 0. The highest BCUT2D eigenvalue weighted by Gasteiger charge is 2.40. The van der Waals surface area contributed by atoms with Gasteiger partial charge in [0.2, 0.25) is 5.91 Å². The van der Waals surface area contributed by atoms with Gasteiger partial charge in [-0.15, -0.1) is 0 Å². The van der Waals surface area contributed by atoms with Crippen LogP contribution in [0, 0.1) is 0 Å². The lowest BCUT2D eigenvalue weighted by molar-refractivity contribution is -0.162. The number of hydrogen-bond acceptors (Lipinski definition) is 2. The molecule has 1 atom stereocenters. The summed E-state index contributed by atoms with van der Waals surface area (Å²) in [6, 6.07) is -0.569. The lowest BCUT2D eigenvalue weighted by Crippen LogP contribution is -2.42. The molecule has 0 aromatic heterocycles. The zero-order valence-electron chi connectivity index (χ0n) is 9.26. The van der Waals surface area contributed by atoms with Gasteiger partial charge in [-0.05, 0) is 19.3 Å². The van der Waals surface area contributed by atoms with Crippen molar-refractivity contribution in [2.24, 2.45) is 5.73 Å². The highest BCUT2D eigenvalue weighted by molar-refractivity contribution is 5.77. The first-order valence-electron chi connectivity index (χ1n) is 5.45. The Bertz CT molecular complexity index is 251. The first-order chi connectivity index (χ1) is 7.33. The molecule has 0 spiro atoms. The van der Waals surface area contributed by atoms with E-state index in [1.807, 2.05) is 6.92 Å². The zero-order valence-corrected chi connectivity index (χ0v) is 9.26. The molecule has 0 aromatic carbocycles. The Balaban J connectivity index is 2.53. The Labute approximate surface area is 92.8 Å². The van der Waals surface area contributed by atoms with E-state index in [1.54, 1.807) is 0 Å². The minimum atomic E-state index is -4.32. The van der Waals surface area contributed by atoms with Gasteiger partial charge in [0.25, 0.3) is 0 Å². The quantitative estimate of drug-likeness (QED) is 0.791. The predicted octanol–water partition coefficient (Wildman–Crippen LogP) is 1.67. The number of nitrogens with two attached hydrogens (primary N) is 1. The molecule has 1 aliphatic rings. The summed E-state index contributed by atoms with van der Waals surface area (Å²) in [6.07, 6.45) is -2.39. The van der Waals surface area contributed by atoms with Crippen molar-refractivity contribution in [3.05, 3.63) is 0 Å². The molecule has 2 N–H and O–H groups in total. The van der Waals surface area contributed by atoms with Crippen molar-refractivity contribution in [3.63, 3.8) is 0 Å². The number of carbonyl (C=O) groups is 1. The SMILES string of the molecule is CCC(N)CC(=O)N(CC(F)(F)F)C1CC1. The average Bonchev–Trinajstić information content (AvgIpc) is 2.95. The molecule has 1 saturated carbocycles. The molecule has 1 amide bonds. The number of carbonyl (C=O) groups excluding carboxylic acids is 1. The zero-order chi connectivity index (χ0) is 12.3. The fourth-order valence-electron chi connectivity index (χ4n) is 1.49. The number of alkyl halides is 3. The third kappa shape index (κ3) is 4.38. The molecule has 1 unspecified atom stereocenters. The van der Waals surface area contributed by atoms with Crippen LogP contribution in [-0.2, 0) is 4.79 Å². The van der Waals surface area contributed by atoms with Crippen LogP contribution in [0.5, 0.6) is 0 Å². The molecule has 0 radical (unpaired) electrons. The van der Waals surface area contributed by atoms with Gasteiger partial charge in [0, 0.05) is 18.5 Å². The van der Waals surface area contributed by atoms with E-state index in [9.17, 15) is 18.0 Å². The monoisotopic (exact) mass is 238 g/mol. The fourth-order valence-corrected chi connectivity index (χ4v) is 1.49. The van der Waals surface area contributed by atoms with E-state index in [4.69, 9.17) is 5.73 Å². The van der Waals surface area contributed by atoms with E-state index >= 15 is 0 Å². The largest absolute Gasteiger partial charge is 0.406 e. The van der Waals surface area contributed by atoms with Crippen molar-refractivity contribution in [1.29, 1.82) is 0 Å². The standard InChI is InChI=1S/C10H17F3N2O/c1-2-7(14)5-9(16)15(8-3-4-8)6-10(11,12)13/h7-8H,2-6,14H2,1H3. The van der Waals surface area contributed by atoms with Gasteiger partial charge in [-0.25, -0.2) is 0 Å². The normalized spacial score (nSPS) is 18.3. The summed E-state index contributed by atoms with van der Waals surface area (Å²) < 4.78 is 36.7. The van der Waals surface area contributed by atoms with Gasteiger partial charge in [0.15, 0.2) is 0 Å². The van der Waals surface area contributed by atoms with Gasteiger partial charge in [-0.3, -0.25) is 4.79 Å². The molecule has 6 heteroatoms. The van der Waals surface area contributed by atoms with Crippen LogP contribution < -0.4 is 5.73 Å². The second kappa shape index (κ2) is 5.03. The lowest BCUT2D eigenvalue weighted by Gasteiger charge is -2.24. The van der Waals surface area contributed by atoms with E-state index < -0.39 is 18.6 Å². The molecule has 0 heterocycles. The van der Waals surface area contributed by atoms with Crippen LogP contribution in [0.25, 0.3) is 0 Å². The van der Waals surface area contributed by atoms with Gasteiger partial charge < -0.3 is 10.6 Å². The number of hydrogen-bond donors (Lipinski definition) is 1. The predicted molar refractivity (Wildman–Crippen MR) is 53.7 cm³/mol. The van der Waals surface area contributed by atoms with Crippen molar-refractivity contribution < 1.29 is 18.0 Å². The maximum Gasteiger partial charge on any atom is 0.406 e. The molecular formula is C10H17F3N2O. The number of nitrogens with zero attached hydrogens (tertiary/aromatic N) is 1. The topological polar surface area (TPSA) is 46.3 Å². The van der Waals surface area contributed by atoms with Gasteiger partial charge in [-0.1, -0.05) is 6.92 Å². The minimum Gasteiger partial charge on any atom is -0.331 e. The second-order valence-electron chi connectivity index (χ2n) is 4.24. The Morgan fingerprint density at radius 1 is 1.50 bits per heavy atom. The first kappa shape index (κ1) is 13.3. The molecular weight excluding hydrogens is 221 g/mol. The Morgan fingerprint density at radius 2 is 2.06 bits per heavy atom. The number of amides is 1. The van der Waals surface area contributed by atoms with E-state index in [0.717, 1.165) is 4.90 Å². The van der Waals surface area contributed by atoms with Gasteiger partial charge in [0.1, 0.15) is 6.54 Å². The number of rotatable bonds is 5. The highest BCUT2D eigenvalue weighted by Crippen LogP contribution is 2.30. The van der Waals surface area contributed by atoms with Gasteiger partial charge >= 0.3 is 6.18 Å². The Morgan fingerprint density at radius 3 is 2.44 bits per heavy atom. The second-order valence-corrected chi connectivity index (χ2v) is 4.24. The van der Waals surface area contributed by atoms with E-state index in [-0.39, 0.29) is 18.5 Å². The van der Waals surface area contributed by atoms with Crippen molar-refractivity contribution in [1.82, 2.24) is 4.90 Å². The first-order valence-corrected chi connectivity index (χ1v) is 5.45. The van der Waals surface area contributed by atoms with Crippen LogP contribution in [0.1, 0.15) is 32.6 Å². The Kier molecular flexibility index (Phi) is 4.18. The number of halogens is 3.